The fourth-order valence-corrected chi connectivity index (χ4v) is 4.63. The van der Waals surface area contributed by atoms with E-state index in [1.54, 1.807) is 4.90 Å². The molecule has 1 atom stereocenters. The molecule has 0 aliphatic carbocycles. The second kappa shape index (κ2) is 11.2. The molecule has 3 rings (SSSR count). The van der Waals surface area contributed by atoms with Crippen molar-refractivity contribution in [3.8, 4) is 11.4 Å². The quantitative estimate of drug-likeness (QED) is 0.400. The molecule has 7 heteroatoms. The molecule has 1 amide bonds. The second-order valence-corrected chi connectivity index (χ2v) is 8.59. The van der Waals surface area contributed by atoms with E-state index in [2.05, 4.69) is 64.7 Å². The van der Waals surface area contributed by atoms with Gasteiger partial charge in [-0.3, -0.25) is 4.79 Å². The molecular weight excluding hydrogens is 418 g/mol. The van der Waals surface area contributed by atoms with Crippen LogP contribution in [0.4, 0.5) is 5.69 Å². The molecule has 0 aliphatic rings. The molecule has 1 aromatic heterocycles. The van der Waals surface area contributed by atoms with Gasteiger partial charge >= 0.3 is 0 Å². The molecule has 0 aliphatic heterocycles. The standard InChI is InChI=1S/C25H33N5OS/c1-6-29(7-2)22-16-14-21(15-17-22)24-26-27-25(30(24)8-3)32-18-23(31)28(5)19(4)20-12-10-9-11-13-20/h9-17,19H,6-8,18H2,1-5H3/t19-/m0/s1. The monoisotopic (exact) mass is 451 g/mol. The highest BCUT2D eigenvalue weighted by molar-refractivity contribution is 7.99. The van der Waals surface area contributed by atoms with Crippen molar-refractivity contribution in [1.82, 2.24) is 19.7 Å². The van der Waals surface area contributed by atoms with Crippen molar-refractivity contribution in [3.63, 3.8) is 0 Å². The smallest absolute Gasteiger partial charge is 0.233 e. The van der Waals surface area contributed by atoms with Gasteiger partial charge < -0.3 is 14.4 Å². The van der Waals surface area contributed by atoms with E-state index in [1.807, 2.05) is 44.3 Å². The Labute approximate surface area is 195 Å². The third kappa shape index (κ3) is 5.33. The van der Waals surface area contributed by atoms with Crippen molar-refractivity contribution in [2.45, 2.75) is 45.4 Å². The molecule has 0 unspecified atom stereocenters. The van der Waals surface area contributed by atoms with Crippen LogP contribution in [0.5, 0.6) is 0 Å². The molecule has 0 radical (unpaired) electrons. The molecule has 0 bridgehead atoms. The van der Waals surface area contributed by atoms with E-state index in [-0.39, 0.29) is 11.9 Å². The van der Waals surface area contributed by atoms with Gasteiger partial charge in [0.2, 0.25) is 5.91 Å². The van der Waals surface area contributed by atoms with Gasteiger partial charge in [0.25, 0.3) is 0 Å². The fourth-order valence-electron chi connectivity index (χ4n) is 3.70. The van der Waals surface area contributed by atoms with Gasteiger partial charge in [0.15, 0.2) is 11.0 Å². The van der Waals surface area contributed by atoms with Crippen molar-refractivity contribution >= 4 is 23.4 Å². The highest BCUT2D eigenvalue weighted by Gasteiger charge is 2.20. The van der Waals surface area contributed by atoms with Gasteiger partial charge in [-0.1, -0.05) is 42.1 Å². The Kier molecular flexibility index (Phi) is 8.33. The molecular formula is C25H33N5OS. The summed E-state index contributed by atoms with van der Waals surface area (Å²) in [5.41, 5.74) is 3.36. The number of carbonyl (C=O) groups is 1. The predicted octanol–water partition coefficient (Wildman–Crippen LogP) is 5.12. The average molecular weight is 452 g/mol. The largest absolute Gasteiger partial charge is 0.372 e. The minimum absolute atomic E-state index is 0.0215. The Morgan fingerprint density at radius 1 is 1.00 bits per heavy atom. The van der Waals surface area contributed by atoms with E-state index >= 15 is 0 Å². The lowest BCUT2D eigenvalue weighted by Crippen LogP contribution is -2.31. The van der Waals surface area contributed by atoms with Gasteiger partial charge in [-0.25, -0.2) is 0 Å². The summed E-state index contributed by atoms with van der Waals surface area (Å²) in [5.74, 6) is 1.23. The Bertz CT molecular complexity index is 999. The number of benzene rings is 2. The van der Waals surface area contributed by atoms with Crippen LogP contribution in [0.3, 0.4) is 0 Å². The van der Waals surface area contributed by atoms with E-state index in [0.29, 0.717) is 5.75 Å². The summed E-state index contributed by atoms with van der Waals surface area (Å²) in [6.07, 6.45) is 0. The number of nitrogens with zero attached hydrogens (tertiary/aromatic N) is 5. The minimum atomic E-state index is 0.0215. The van der Waals surface area contributed by atoms with Gasteiger partial charge in [-0.05, 0) is 57.5 Å². The van der Waals surface area contributed by atoms with Crippen molar-refractivity contribution < 1.29 is 4.79 Å². The average Bonchev–Trinajstić information content (AvgIpc) is 3.26. The minimum Gasteiger partial charge on any atom is -0.372 e. The zero-order valence-electron chi connectivity index (χ0n) is 19.7. The molecule has 1 heterocycles. The third-order valence-electron chi connectivity index (χ3n) is 5.87. The predicted molar refractivity (Wildman–Crippen MR) is 133 cm³/mol. The number of aromatic nitrogens is 3. The fraction of sp³-hybridized carbons (Fsp3) is 0.400. The topological polar surface area (TPSA) is 54.3 Å². The number of carbonyl (C=O) groups excluding carboxylic acids is 1. The molecule has 170 valence electrons. The summed E-state index contributed by atoms with van der Waals surface area (Å²) >= 11 is 1.44. The maximum absolute atomic E-state index is 12.8. The first-order valence-corrected chi connectivity index (χ1v) is 12.2. The number of amides is 1. The van der Waals surface area contributed by atoms with Gasteiger partial charge in [0, 0.05) is 37.9 Å². The maximum Gasteiger partial charge on any atom is 0.233 e. The van der Waals surface area contributed by atoms with Crippen LogP contribution in [0, 0.1) is 0 Å². The Hall–Kier alpha value is -2.80. The second-order valence-electron chi connectivity index (χ2n) is 7.65. The van der Waals surface area contributed by atoms with E-state index in [9.17, 15) is 4.79 Å². The summed E-state index contributed by atoms with van der Waals surface area (Å²) in [5, 5.41) is 9.58. The van der Waals surface area contributed by atoms with Crippen molar-refractivity contribution in [3.05, 3.63) is 60.2 Å². The summed E-state index contributed by atoms with van der Waals surface area (Å²) in [6, 6.07) is 18.6. The summed E-state index contributed by atoms with van der Waals surface area (Å²) < 4.78 is 2.07. The Morgan fingerprint density at radius 3 is 2.25 bits per heavy atom. The number of thioether (sulfide) groups is 1. The first-order valence-electron chi connectivity index (χ1n) is 11.2. The van der Waals surface area contributed by atoms with Gasteiger partial charge in [-0.15, -0.1) is 10.2 Å². The molecule has 3 aromatic rings. The lowest BCUT2D eigenvalue weighted by Gasteiger charge is -2.25. The van der Waals surface area contributed by atoms with Crippen LogP contribution < -0.4 is 4.90 Å². The molecule has 0 saturated carbocycles. The summed E-state index contributed by atoms with van der Waals surface area (Å²) in [6.45, 7) is 11.1. The normalized spacial score (nSPS) is 11.9. The van der Waals surface area contributed by atoms with Gasteiger partial charge in [0.1, 0.15) is 0 Å². The molecule has 2 aromatic carbocycles. The highest BCUT2D eigenvalue weighted by atomic mass is 32.2. The van der Waals surface area contributed by atoms with Crippen LogP contribution >= 0.6 is 11.8 Å². The molecule has 32 heavy (non-hydrogen) atoms. The highest BCUT2D eigenvalue weighted by Crippen LogP contribution is 2.27. The van der Waals surface area contributed by atoms with Crippen LogP contribution in [0.1, 0.15) is 39.3 Å². The number of hydrogen-bond acceptors (Lipinski definition) is 5. The Morgan fingerprint density at radius 2 is 1.66 bits per heavy atom. The first kappa shape index (κ1) is 23.9. The van der Waals surface area contributed by atoms with Crippen LogP contribution in [-0.2, 0) is 11.3 Å². The zero-order valence-corrected chi connectivity index (χ0v) is 20.5. The van der Waals surface area contributed by atoms with Crippen LogP contribution in [0.2, 0.25) is 0 Å². The maximum atomic E-state index is 12.8. The molecule has 0 spiro atoms. The molecule has 6 nitrogen and oxygen atoms in total. The lowest BCUT2D eigenvalue weighted by molar-refractivity contribution is -0.128. The van der Waals surface area contributed by atoms with Crippen molar-refractivity contribution in [2.24, 2.45) is 0 Å². The summed E-state index contributed by atoms with van der Waals surface area (Å²) in [7, 11) is 1.86. The van der Waals surface area contributed by atoms with Crippen LogP contribution in [0.15, 0.2) is 59.8 Å². The van der Waals surface area contributed by atoms with E-state index in [0.717, 1.165) is 41.7 Å². The van der Waals surface area contributed by atoms with Crippen LogP contribution in [-0.4, -0.2) is 51.5 Å². The van der Waals surface area contributed by atoms with E-state index in [1.165, 1.54) is 17.4 Å². The summed E-state index contributed by atoms with van der Waals surface area (Å²) in [4.78, 5) is 16.9. The van der Waals surface area contributed by atoms with E-state index < -0.39 is 0 Å². The third-order valence-corrected chi connectivity index (χ3v) is 6.82. The molecule has 0 fully saturated rings. The Balaban J connectivity index is 1.69. The zero-order chi connectivity index (χ0) is 23.1. The SMILES string of the molecule is CCN(CC)c1ccc(-c2nnc(SCC(=O)N(C)[C@@H](C)c3ccccc3)n2CC)cc1. The lowest BCUT2D eigenvalue weighted by atomic mass is 10.1. The number of rotatable bonds is 10. The van der Waals surface area contributed by atoms with Crippen molar-refractivity contribution in [1.29, 1.82) is 0 Å². The number of anilines is 1. The first-order chi connectivity index (χ1) is 15.5. The number of hydrogen-bond donors (Lipinski definition) is 0. The van der Waals surface area contributed by atoms with Gasteiger partial charge in [0.05, 0.1) is 11.8 Å². The van der Waals surface area contributed by atoms with Gasteiger partial charge in [-0.2, -0.15) is 0 Å². The van der Waals surface area contributed by atoms with E-state index in [4.69, 9.17) is 0 Å². The molecule has 0 saturated heterocycles. The molecule has 0 N–H and O–H groups in total. The van der Waals surface area contributed by atoms with Crippen molar-refractivity contribution in [2.75, 3.05) is 30.8 Å². The van der Waals surface area contributed by atoms with Crippen LogP contribution in [0.25, 0.3) is 11.4 Å².